The summed E-state index contributed by atoms with van der Waals surface area (Å²) >= 11 is 0. The second-order valence-corrected chi connectivity index (χ2v) is 4.59. The highest BCUT2D eigenvalue weighted by atomic mass is 16.5. The van der Waals surface area contributed by atoms with E-state index in [9.17, 15) is 0 Å². The van der Waals surface area contributed by atoms with Gasteiger partial charge in [0.1, 0.15) is 5.60 Å². The van der Waals surface area contributed by atoms with Gasteiger partial charge >= 0.3 is 7.62 Å². The minimum absolute atomic E-state index is 0.197. The summed E-state index contributed by atoms with van der Waals surface area (Å²) < 4.78 is 5.99. The molecule has 1 heterocycles. The molecule has 2 aromatic rings. The van der Waals surface area contributed by atoms with Gasteiger partial charge in [-0.25, -0.2) is 0 Å². The standard InChI is InChI=1S/C15H15BNO/c1-12-15(18-16-17-12,13-8-4-2-5-9-13)14-10-6-3-7-11-14/h2-12,17H,1H3. The van der Waals surface area contributed by atoms with Gasteiger partial charge in [0.05, 0.1) is 0 Å². The molecule has 1 radical (unpaired) electrons. The summed E-state index contributed by atoms with van der Waals surface area (Å²) in [6.07, 6.45) is 0. The van der Waals surface area contributed by atoms with E-state index >= 15 is 0 Å². The van der Waals surface area contributed by atoms with Crippen LogP contribution in [0.25, 0.3) is 0 Å². The lowest BCUT2D eigenvalue weighted by atomic mass is 9.81. The van der Waals surface area contributed by atoms with Gasteiger partial charge in [0.25, 0.3) is 0 Å². The fraction of sp³-hybridized carbons (Fsp3) is 0.200. The smallest absolute Gasteiger partial charge is 0.397 e. The molecule has 89 valence electrons. The molecular formula is C15H15BNO. The van der Waals surface area contributed by atoms with Gasteiger partial charge in [-0.05, 0) is 18.1 Å². The first-order valence-electron chi connectivity index (χ1n) is 6.20. The molecule has 0 bridgehead atoms. The molecule has 0 saturated carbocycles. The third-order valence-corrected chi connectivity index (χ3v) is 3.58. The summed E-state index contributed by atoms with van der Waals surface area (Å²) in [6, 6.07) is 20.9. The Hall–Kier alpha value is -1.58. The molecule has 3 heteroatoms. The van der Waals surface area contributed by atoms with Gasteiger partial charge < -0.3 is 9.88 Å². The second kappa shape index (κ2) is 4.60. The van der Waals surface area contributed by atoms with Crippen molar-refractivity contribution in [2.75, 3.05) is 0 Å². The Morgan fingerprint density at radius 1 is 0.944 bits per heavy atom. The lowest BCUT2D eigenvalue weighted by Crippen LogP contribution is -2.39. The highest BCUT2D eigenvalue weighted by Gasteiger charge is 2.44. The largest absolute Gasteiger partial charge is 0.409 e. The summed E-state index contributed by atoms with van der Waals surface area (Å²) in [5.74, 6) is 0. The Morgan fingerprint density at radius 2 is 1.44 bits per heavy atom. The topological polar surface area (TPSA) is 21.3 Å². The lowest BCUT2D eigenvalue weighted by molar-refractivity contribution is 0.125. The van der Waals surface area contributed by atoms with Crippen molar-refractivity contribution in [3.05, 3.63) is 71.8 Å². The van der Waals surface area contributed by atoms with Gasteiger partial charge in [-0.15, -0.1) is 0 Å². The predicted octanol–water partition coefficient (Wildman–Crippen LogP) is 2.47. The normalized spacial score (nSPS) is 21.5. The first-order chi connectivity index (χ1) is 8.84. The van der Waals surface area contributed by atoms with Crippen molar-refractivity contribution in [2.45, 2.75) is 18.6 Å². The van der Waals surface area contributed by atoms with E-state index in [0.717, 1.165) is 0 Å². The maximum Gasteiger partial charge on any atom is 0.397 e. The minimum Gasteiger partial charge on any atom is -0.409 e. The van der Waals surface area contributed by atoms with Crippen molar-refractivity contribution >= 4 is 7.62 Å². The highest BCUT2D eigenvalue weighted by molar-refractivity contribution is 6.25. The molecule has 1 N–H and O–H groups in total. The van der Waals surface area contributed by atoms with E-state index in [0.29, 0.717) is 0 Å². The van der Waals surface area contributed by atoms with E-state index in [4.69, 9.17) is 4.65 Å². The van der Waals surface area contributed by atoms with Gasteiger partial charge in [-0.2, -0.15) is 0 Å². The van der Waals surface area contributed by atoms with Crippen LogP contribution in [0.3, 0.4) is 0 Å². The molecule has 0 aromatic heterocycles. The van der Waals surface area contributed by atoms with E-state index in [1.165, 1.54) is 11.1 Å². The lowest BCUT2D eigenvalue weighted by Gasteiger charge is -2.34. The zero-order chi connectivity index (χ0) is 12.4. The quantitative estimate of drug-likeness (QED) is 0.808. The summed E-state index contributed by atoms with van der Waals surface area (Å²) in [4.78, 5) is 0. The number of benzene rings is 2. The fourth-order valence-electron chi connectivity index (χ4n) is 2.62. The number of hydrogen-bond acceptors (Lipinski definition) is 2. The molecule has 0 amide bonds. The third-order valence-electron chi connectivity index (χ3n) is 3.58. The van der Waals surface area contributed by atoms with Crippen LogP contribution in [0.5, 0.6) is 0 Å². The first kappa shape index (κ1) is 11.5. The zero-order valence-electron chi connectivity index (χ0n) is 10.3. The van der Waals surface area contributed by atoms with E-state index in [-0.39, 0.29) is 6.04 Å². The van der Waals surface area contributed by atoms with E-state index in [1.807, 2.05) is 12.1 Å². The Balaban J connectivity index is 2.17. The predicted molar refractivity (Wildman–Crippen MR) is 73.1 cm³/mol. The van der Waals surface area contributed by atoms with Crippen LogP contribution >= 0.6 is 0 Å². The third kappa shape index (κ3) is 1.67. The number of hydrogen-bond donors (Lipinski definition) is 1. The monoisotopic (exact) mass is 236 g/mol. The molecule has 1 saturated heterocycles. The van der Waals surface area contributed by atoms with Gasteiger partial charge in [0.15, 0.2) is 0 Å². The van der Waals surface area contributed by atoms with Crippen molar-refractivity contribution in [1.29, 1.82) is 0 Å². The summed E-state index contributed by atoms with van der Waals surface area (Å²) in [7, 11) is 1.70. The summed E-state index contributed by atoms with van der Waals surface area (Å²) in [5, 5.41) is 3.26. The molecule has 3 rings (SSSR count). The van der Waals surface area contributed by atoms with Crippen LogP contribution in [0.1, 0.15) is 18.1 Å². The SMILES string of the molecule is CC1N[B]OC1(c1ccccc1)c1ccccc1. The average Bonchev–Trinajstić information content (AvgIpc) is 2.84. The highest BCUT2D eigenvalue weighted by Crippen LogP contribution is 2.38. The number of rotatable bonds is 2. The molecule has 1 atom stereocenters. The maximum atomic E-state index is 5.99. The molecule has 2 aromatic carbocycles. The van der Waals surface area contributed by atoms with E-state index < -0.39 is 5.60 Å². The van der Waals surface area contributed by atoms with E-state index in [1.54, 1.807) is 7.62 Å². The van der Waals surface area contributed by atoms with Gasteiger partial charge in [-0.1, -0.05) is 60.7 Å². The molecule has 0 spiro atoms. The molecule has 1 aliphatic heterocycles. The van der Waals surface area contributed by atoms with Crippen LogP contribution in [-0.4, -0.2) is 13.7 Å². The average molecular weight is 236 g/mol. The Kier molecular flexibility index (Phi) is 2.94. The van der Waals surface area contributed by atoms with Gasteiger partial charge in [0, 0.05) is 6.04 Å². The molecule has 2 nitrogen and oxygen atoms in total. The van der Waals surface area contributed by atoms with Crippen molar-refractivity contribution in [3.63, 3.8) is 0 Å². The van der Waals surface area contributed by atoms with Crippen molar-refractivity contribution in [2.24, 2.45) is 0 Å². The Bertz CT molecular complexity index is 475. The van der Waals surface area contributed by atoms with Crippen molar-refractivity contribution in [1.82, 2.24) is 5.23 Å². The maximum absolute atomic E-state index is 5.99. The molecule has 0 aliphatic carbocycles. The fourth-order valence-corrected chi connectivity index (χ4v) is 2.62. The minimum atomic E-state index is -0.428. The van der Waals surface area contributed by atoms with Crippen LogP contribution in [0.15, 0.2) is 60.7 Å². The molecule has 18 heavy (non-hydrogen) atoms. The van der Waals surface area contributed by atoms with Gasteiger partial charge in [-0.3, -0.25) is 0 Å². The molecule has 1 fully saturated rings. The molecule has 1 aliphatic rings. The van der Waals surface area contributed by atoms with E-state index in [2.05, 4.69) is 60.7 Å². The van der Waals surface area contributed by atoms with Crippen molar-refractivity contribution < 1.29 is 4.65 Å². The van der Waals surface area contributed by atoms with Crippen LogP contribution in [-0.2, 0) is 10.3 Å². The van der Waals surface area contributed by atoms with Crippen LogP contribution < -0.4 is 5.23 Å². The molecular weight excluding hydrogens is 221 g/mol. The van der Waals surface area contributed by atoms with Crippen LogP contribution in [0.4, 0.5) is 0 Å². The van der Waals surface area contributed by atoms with Gasteiger partial charge in [0.2, 0.25) is 0 Å². The summed E-state index contributed by atoms with van der Waals surface area (Å²) in [6.45, 7) is 2.14. The Morgan fingerprint density at radius 3 is 1.83 bits per heavy atom. The van der Waals surface area contributed by atoms with Crippen molar-refractivity contribution in [3.8, 4) is 0 Å². The van der Waals surface area contributed by atoms with Crippen LogP contribution in [0.2, 0.25) is 0 Å². The second-order valence-electron chi connectivity index (χ2n) is 4.59. The first-order valence-corrected chi connectivity index (χ1v) is 6.20. The number of nitrogens with one attached hydrogen (secondary N) is 1. The Labute approximate surface area is 108 Å². The van der Waals surface area contributed by atoms with Crippen LogP contribution in [0, 0.1) is 0 Å². The zero-order valence-corrected chi connectivity index (χ0v) is 10.3. The summed E-state index contributed by atoms with van der Waals surface area (Å²) in [5.41, 5.74) is 1.91. The molecule has 1 unspecified atom stereocenters.